The van der Waals surface area contributed by atoms with E-state index in [2.05, 4.69) is 52.6 Å². The summed E-state index contributed by atoms with van der Waals surface area (Å²) < 4.78 is 2.42. The quantitative estimate of drug-likeness (QED) is 0.424. The average molecular weight is 581 g/mol. The van der Waals surface area contributed by atoms with Crippen LogP contribution in [-0.4, -0.2) is 32.6 Å². The maximum Gasteiger partial charge on any atom is 0.274 e. The highest BCUT2D eigenvalue weighted by atomic mass is 79.9. The fraction of sp³-hybridized carbons (Fsp3) is 0.190. The fourth-order valence-electron chi connectivity index (χ4n) is 2.96. The molecule has 0 saturated carbocycles. The summed E-state index contributed by atoms with van der Waals surface area (Å²) in [5, 5.41) is 19.0. The third kappa shape index (κ3) is 5.35. The monoisotopic (exact) mass is 578 g/mol. The molecule has 2 aromatic heterocycles. The number of hydrogen-bond donors (Lipinski definition) is 2. The number of hydrogen-bond acceptors (Lipinski definition) is 5. The molecule has 3 aromatic rings. The number of pyridine rings is 1. The molecule has 0 aliphatic heterocycles. The zero-order chi connectivity index (χ0) is 23.4. The third-order valence-corrected chi connectivity index (χ3v) is 5.55. The van der Waals surface area contributed by atoms with E-state index in [-0.39, 0.29) is 23.7 Å². The van der Waals surface area contributed by atoms with Crippen molar-refractivity contribution in [3.05, 3.63) is 67.4 Å². The number of aromatic nitrogens is 3. The van der Waals surface area contributed by atoms with E-state index in [0.717, 1.165) is 0 Å². The van der Waals surface area contributed by atoms with Gasteiger partial charge in [-0.15, -0.1) is 0 Å². The minimum absolute atomic E-state index is 0.165. The highest BCUT2D eigenvalue weighted by molar-refractivity contribution is 9.10. The van der Waals surface area contributed by atoms with Crippen molar-refractivity contribution in [2.75, 3.05) is 5.32 Å². The zero-order valence-electron chi connectivity index (χ0n) is 17.0. The van der Waals surface area contributed by atoms with Crippen LogP contribution in [0, 0.1) is 18.3 Å². The van der Waals surface area contributed by atoms with Crippen LogP contribution in [0.5, 0.6) is 0 Å². The second-order valence-electron chi connectivity index (χ2n) is 6.91. The van der Waals surface area contributed by atoms with E-state index in [1.165, 1.54) is 10.7 Å². The van der Waals surface area contributed by atoms with Gasteiger partial charge in [0, 0.05) is 22.8 Å². The molecule has 1 aromatic carbocycles. The highest BCUT2D eigenvalue weighted by Crippen LogP contribution is 2.28. The number of benzene rings is 1. The van der Waals surface area contributed by atoms with E-state index in [1.54, 1.807) is 44.3 Å². The number of nitrogens with zero attached hydrogens (tertiary/aromatic N) is 4. The van der Waals surface area contributed by atoms with Gasteiger partial charge in [0.1, 0.15) is 10.3 Å². The first-order chi connectivity index (χ1) is 15.2. The smallest absolute Gasteiger partial charge is 0.274 e. The Bertz CT molecular complexity index is 1240. The van der Waals surface area contributed by atoms with E-state index in [1.807, 2.05) is 6.07 Å². The second kappa shape index (κ2) is 10.3. The molecule has 1 unspecified atom stereocenters. The molecule has 0 aliphatic rings. The van der Waals surface area contributed by atoms with Gasteiger partial charge in [-0.2, -0.15) is 10.4 Å². The van der Waals surface area contributed by atoms with Gasteiger partial charge in [-0.25, -0.2) is 9.67 Å². The average Bonchev–Trinajstić information content (AvgIpc) is 3.11. The number of anilines is 1. The summed E-state index contributed by atoms with van der Waals surface area (Å²) in [4.78, 5) is 30.3. The molecule has 11 heteroatoms. The molecule has 8 nitrogen and oxygen atoms in total. The molecular formula is C21H17Br2ClN6O2. The summed E-state index contributed by atoms with van der Waals surface area (Å²) >= 11 is 12.9. The maximum absolute atomic E-state index is 13.2. The van der Waals surface area contributed by atoms with Gasteiger partial charge >= 0.3 is 0 Å². The van der Waals surface area contributed by atoms with Crippen molar-refractivity contribution in [1.29, 1.82) is 5.26 Å². The minimum Gasteiger partial charge on any atom is -0.348 e. The van der Waals surface area contributed by atoms with Crippen molar-refractivity contribution in [3.63, 3.8) is 0 Å². The van der Waals surface area contributed by atoms with Gasteiger partial charge in [0.05, 0.1) is 28.8 Å². The van der Waals surface area contributed by atoms with E-state index >= 15 is 0 Å². The molecule has 1 atom stereocenters. The third-order valence-electron chi connectivity index (χ3n) is 4.41. The van der Waals surface area contributed by atoms with E-state index in [0.29, 0.717) is 31.2 Å². The summed E-state index contributed by atoms with van der Waals surface area (Å²) in [6.45, 7) is 3.51. The Balaban J connectivity index is 1.99. The Hall–Kier alpha value is -2.74. The molecule has 3 rings (SSSR count). The lowest BCUT2D eigenvalue weighted by atomic mass is 10.1. The number of carbonyl (C=O) groups excluding carboxylic acids is 2. The molecule has 0 bridgehead atoms. The molecule has 0 radical (unpaired) electrons. The zero-order valence-corrected chi connectivity index (χ0v) is 20.9. The van der Waals surface area contributed by atoms with Crippen molar-refractivity contribution < 1.29 is 9.59 Å². The fourth-order valence-corrected chi connectivity index (χ4v) is 4.11. The minimum atomic E-state index is -0.505. The number of nitriles is 1. The van der Waals surface area contributed by atoms with Crippen LogP contribution in [0.25, 0.3) is 5.82 Å². The summed E-state index contributed by atoms with van der Waals surface area (Å²) in [6, 6.07) is 9.92. The molecule has 0 spiro atoms. The van der Waals surface area contributed by atoms with Crippen molar-refractivity contribution >= 4 is 61.0 Å². The highest BCUT2D eigenvalue weighted by Gasteiger charge is 2.23. The van der Waals surface area contributed by atoms with Crippen molar-refractivity contribution in [2.45, 2.75) is 26.3 Å². The standard InChI is InChI=1S/C21H17Br2ClN6O2/c1-11-8-13(22)9-14(20(31)27-12(2)5-6-25)18(11)28-21(32)16-10-17(23)29-30(16)19-15(24)4-3-7-26-19/h3-4,7-10,12H,5H2,1-2H3,(H,27,31)(H,28,32). The van der Waals surface area contributed by atoms with Gasteiger partial charge in [-0.05, 0) is 59.6 Å². The number of rotatable bonds is 6. The Labute approximate surface area is 206 Å². The van der Waals surface area contributed by atoms with Crippen LogP contribution in [0.15, 0.2) is 45.6 Å². The number of amides is 2. The van der Waals surface area contributed by atoms with Crippen molar-refractivity contribution in [1.82, 2.24) is 20.1 Å². The Morgan fingerprint density at radius 1 is 1.28 bits per heavy atom. The molecule has 2 heterocycles. The van der Waals surface area contributed by atoms with Crippen LogP contribution in [0.2, 0.25) is 5.02 Å². The van der Waals surface area contributed by atoms with Gasteiger partial charge < -0.3 is 10.6 Å². The van der Waals surface area contributed by atoms with Gasteiger partial charge in [0.2, 0.25) is 0 Å². The van der Waals surface area contributed by atoms with E-state index in [4.69, 9.17) is 16.9 Å². The lowest BCUT2D eigenvalue weighted by molar-refractivity contribution is 0.0941. The second-order valence-corrected chi connectivity index (χ2v) is 9.04. The van der Waals surface area contributed by atoms with E-state index < -0.39 is 11.8 Å². The van der Waals surface area contributed by atoms with Crippen LogP contribution < -0.4 is 10.6 Å². The summed E-state index contributed by atoms with van der Waals surface area (Å²) in [5.74, 6) is -0.620. The van der Waals surface area contributed by atoms with Gasteiger partial charge in [-0.3, -0.25) is 9.59 Å². The van der Waals surface area contributed by atoms with Gasteiger partial charge in [0.25, 0.3) is 11.8 Å². The first kappa shape index (κ1) is 23.9. The molecule has 2 N–H and O–H groups in total. The van der Waals surface area contributed by atoms with E-state index in [9.17, 15) is 9.59 Å². The molecule has 32 heavy (non-hydrogen) atoms. The van der Waals surface area contributed by atoms with Gasteiger partial charge in [-0.1, -0.05) is 27.5 Å². The van der Waals surface area contributed by atoms with Crippen LogP contribution in [0.1, 0.15) is 39.8 Å². The first-order valence-electron chi connectivity index (χ1n) is 9.37. The Kier molecular flexibility index (Phi) is 7.66. The number of nitrogens with one attached hydrogen (secondary N) is 2. The topological polar surface area (TPSA) is 113 Å². The molecule has 0 fully saturated rings. The molecule has 0 aliphatic carbocycles. The van der Waals surface area contributed by atoms with Gasteiger partial charge in [0.15, 0.2) is 5.82 Å². The largest absolute Gasteiger partial charge is 0.348 e. The molecule has 164 valence electrons. The molecule has 2 amide bonds. The number of carbonyl (C=O) groups is 2. The Morgan fingerprint density at radius 3 is 2.72 bits per heavy atom. The lowest BCUT2D eigenvalue weighted by Crippen LogP contribution is -2.33. The first-order valence-corrected chi connectivity index (χ1v) is 11.3. The summed E-state index contributed by atoms with van der Waals surface area (Å²) in [7, 11) is 0. The molecule has 0 saturated heterocycles. The van der Waals surface area contributed by atoms with Crippen LogP contribution in [-0.2, 0) is 0 Å². The predicted molar refractivity (Wildman–Crippen MR) is 128 cm³/mol. The van der Waals surface area contributed by atoms with Crippen molar-refractivity contribution in [3.8, 4) is 11.9 Å². The SMILES string of the molecule is Cc1cc(Br)cc(C(=O)NC(C)CC#N)c1NC(=O)c1cc(Br)nn1-c1ncccc1Cl. The summed E-state index contributed by atoms with van der Waals surface area (Å²) in [5.41, 5.74) is 1.45. The predicted octanol–water partition coefficient (Wildman–Crippen LogP) is 5.04. The lowest BCUT2D eigenvalue weighted by Gasteiger charge is -2.17. The normalized spacial score (nSPS) is 11.5. The van der Waals surface area contributed by atoms with Crippen LogP contribution >= 0.6 is 43.5 Å². The van der Waals surface area contributed by atoms with Crippen LogP contribution in [0.3, 0.4) is 0 Å². The number of aryl methyl sites for hydroxylation is 1. The molecular weight excluding hydrogens is 564 g/mol. The Morgan fingerprint density at radius 2 is 2.03 bits per heavy atom. The maximum atomic E-state index is 13.2. The van der Waals surface area contributed by atoms with Crippen molar-refractivity contribution in [2.24, 2.45) is 0 Å². The van der Waals surface area contributed by atoms with Crippen LogP contribution in [0.4, 0.5) is 5.69 Å². The summed E-state index contributed by atoms with van der Waals surface area (Å²) in [6.07, 6.45) is 1.71. The number of halogens is 3.